The molecule has 2 aromatic carbocycles. The van der Waals surface area contributed by atoms with E-state index in [9.17, 15) is 13.2 Å². The highest BCUT2D eigenvalue weighted by Gasteiger charge is 2.29. The number of likely N-dealkylation sites (N-methyl/N-ethyl adjacent to an activating group) is 1. The minimum absolute atomic E-state index is 0.360. The van der Waals surface area contributed by atoms with Crippen LogP contribution in [0.5, 0.6) is 5.75 Å². The molecule has 2 rings (SSSR count). The minimum Gasteiger partial charge on any atom is -0.492 e. The molecule has 0 unspecified atom stereocenters. The monoisotopic (exact) mass is 408 g/mol. The van der Waals surface area contributed by atoms with E-state index in [4.69, 9.17) is 4.74 Å². The highest BCUT2D eigenvalue weighted by Crippen LogP contribution is 2.29. The molecule has 0 aliphatic carbocycles. The van der Waals surface area contributed by atoms with Crippen LogP contribution in [0.3, 0.4) is 0 Å². The molecule has 0 saturated carbocycles. The molecule has 0 bridgehead atoms. The lowest BCUT2D eigenvalue weighted by Gasteiger charge is -2.16. The van der Waals surface area contributed by atoms with Crippen LogP contribution in [0.1, 0.15) is 16.7 Å². The molecule has 5 nitrogen and oxygen atoms in total. The van der Waals surface area contributed by atoms with Crippen molar-refractivity contribution in [2.45, 2.75) is 19.3 Å². The van der Waals surface area contributed by atoms with Gasteiger partial charge in [-0.15, -0.1) is 0 Å². The summed E-state index contributed by atoms with van der Waals surface area (Å²) in [5, 5.41) is 6.30. The van der Waals surface area contributed by atoms with Crippen molar-refractivity contribution in [1.82, 2.24) is 15.5 Å². The smallest absolute Gasteiger partial charge is 0.416 e. The van der Waals surface area contributed by atoms with Crippen molar-refractivity contribution in [1.29, 1.82) is 0 Å². The number of hydrogen-bond donors (Lipinski definition) is 2. The van der Waals surface area contributed by atoms with E-state index in [-0.39, 0.29) is 0 Å². The Morgan fingerprint density at radius 3 is 2.28 bits per heavy atom. The van der Waals surface area contributed by atoms with E-state index < -0.39 is 11.7 Å². The third-order valence-electron chi connectivity index (χ3n) is 4.18. The molecule has 2 aromatic rings. The van der Waals surface area contributed by atoms with Gasteiger partial charge in [0.15, 0.2) is 5.96 Å². The molecule has 29 heavy (non-hydrogen) atoms. The summed E-state index contributed by atoms with van der Waals surface area (Å²) in [5.74, 6) is 1.35. The van der Waals surface area contributed by atoms with Crippen LogP contribution in [0.15, 0.2) is 53.5 Å². The van der Waals surface area contributed by atoms with Crippen molar-refractivity contribution in [2.24, 2.45) is 4.99 Å². The van der Waals surface area contributed by atoms with Gasteiger partial charge in [0.1, 0.15) is 12.4 Å². The summed E-state index contributed by atoms with van der Waals surface area (Å²) in [6.45, 7) is 2.27. The third-order valence-corrected chi connectivity index (χ3v) is 4.18. The van der Waals surface area contributed by atoms with Crippen molar-refractivity contribution in [2.75, 3.05) is 34.3 Å². The van der Waals surface area contributed by atoms with Crippen molar-refractivity contribution < 1.29 is 17.9 Å². The van der Waals surface area contributed by atoms with Gasteiger partial charge in [0.2, 0.25) is 0 Å². The van der Waals surface area contributed by atoms with Gasteiger partial charge in [-0.3, -0.25) is 4.99 Å². The number of ether oxygens (including phenoxy) is 1. The lowest BCUT2D eigenvalue weighted by atomic mass is 10.1. The standard InChI is InChI=1S/C21H27F3N4O/c1-25-20(26-14-16-8-10-18(11-9-16)21(22,23)24)27-15-17-6-4-5-7-19(17)29-13-12-28(2)3/h4-11H,12-15H2,1-3H3,(H2,25,26,27). The Hall–Kier alpha value is -2.74. The van der Waals surface area contributed by atoms with E-state index in [1.807, 2.05) is 43.3 Å². The van der Waals surface area contributed by atoms with Gasteiger partial charge in [0.05, 0.1) is 5.56 Å². The molecule has 0 saturated heterocycles. The van der Waals surface area contributed by atoms with E-state index in [2.05, 4.69) is 15.6 Å². The fourth-order valence-corrected chi connectivity index (χ4v) is 2.53. The predicted molar refractivity (Wildman–Crippen MR) is 109 cm³/mol. The molecular weight excluding hydrogens is 381 g/mol. The molecule has 0 radical (unpaired) electrons. The Labute approximate surface area is 169 Å². The van der Waals surface area contributed by atoms with Gasteiger partial charge < -0.3 is 20.3 Å². The third kappa shape index (κ3) is 7.65. The molecule has 158 valence electrons. The molecule has 0 atom stereocenters. The Balaban J connectivity index is 1.88. The van der Waals surface area contributed by atoms with Gasteiger partial charge in [-0.25, -0.2) is 0 Å². The minimum atomic E-state index is -4.33. The van der Waals surface area contributed by atoms with Crippen LogP contribution in [0, 0.1) is 0 Å². The van der Waals surface area contributed by atoms with Gasteiger partial charge in [0, 0.05) is 32.2 Å². The second-order valence-electron chi connectivity index (χ2n) is 6.73. The Kier molecular flexibility index (Phi) is 8.33. The zero-order chi connectivity index (χ0) is 21.3. The molecule has 0 aromatic heterocycles. The number of halogens is 3. The zero-order valence-electron chi connectivity index (χ0n) is 16.9. The highest BCUT2D eigenvalue weighted by atomic mass is 19.4. The summed E-state index contributed by atoms with van der Waals surface area (Å²) in [5.41, 5.74) is 1.06. The van der Waals surface area contributed by atoms with Crippen LogP contribution in [0.4, 0.5) is 13.2 Å². The maximum atomic E-state index is 12.6. The van der Waals surface area contributed by atoms with Gasteiger partial charge >= 0.3 is 6.18 Å². The largest absolute Gasteiger partial charge is 0.492 e. The Bertz CT molecular complexity index is 789. The Morgan fingerprint density at radius 2 is 1.66 bits per heavy atom. The van der Waals surface area contributed by atoms with E-state index in [0.717, 1.165) is 35.6 Å². The average molecular weight is 408 g/mol. The molecule has 0 amide bonds. The van der Waals surface area contributed by atoms with Crippen LogP contribution >= 0.6 is 0 Å². The summed E-state index contributed by atoms with van der Waals surface area (Å²) < 4.78 is 43.8. The zero-order valence-corrected chi connectivity index (χ0v) is 16.9. The fourth-order valence-electron chi connectivity index (χ4n) is 2.53. The summed E-state index contributed by atoms with van der Waals surface area (Å²) in [6.07, 6.45) is -4.33. The molecular formula is C21H27F3N4O. The molecule has 0 heterocycles. The number of aliphatic imine (C=N–C) groups is 1. The number of alkyl halides is 3. The molecule has 0 aliphatic heterocycles. The SMILES string of the molecule is CN=C(NCc1ccc(C(F)(F)F)cc1)NCc1ccccc1OCCN(C)C. The second-order valence-corrected chi connectivity index (χ2v) is 6.73. The van der Waals surface area contributed by atoms with Gasteiger partial charge in [0.25, 0.3) is 0 Å². The number of rotatable bonds is 8. The fraction of sp³-hybridized carbons (Fsp3) is 0.381. The number of nitrogens with one attached hydrogen (secondary N) is 2. The van der Waals surface area contributed by atoms with Crippen molar-refractivity contribution >= 4 is 5.96 Å². The van der Waals surface area contributed by atoms with Crippen LogP contribution in [-0.4, -0.2) is 45.2 Å². The van der Waals surface area contributed by atoms with Crippen molar-refractivity contribution in [3.63, 3.8) is 0 Å². The summed E-state index contributed by atoms with van der Waals surface area (Å²) in [6, 6.07) is 12.8. The summed E-state index contributed by atoms with van der Waals surface area (Å²) >= 11 is 0. The van der Waals surface area contributed by atoms with Crippen LogP contribution < -0.4 is 15.4 Å². The van der Waals surface area contributed by atoms with E-state index >= 15 is 0 Å². The summed E-state index contributed by atoms with van der Waals surface area (Å²) in [4.78, 5) is 6.21. The van der Waals surface area contributed by atoms with Crippen molar-refractivity contribution in [3.05, 3.63) is 65.2 Å². The molecule has 0 fully saturated rings. The maximum Gasteiger partial charge on any atom is 0.416 e. The van der Waals surface area contributed by atoms with Crippen LogP contribution in [-0.2, 0) is 19.3 Å². The van der Waals surface area contributed by atoms with E-state index in [1.165, 1.54) is 12.1 Å². The lowest BCUT2D eigenvalue weighted by Crippen LogP contribution is -2.36. The van der Waals surface area contributed by atoms with Gasteiger partial charge in [-0.2, -0.15) is 13.2 Å². The molecule has 0 aliphatic rings. The first kappa shape index (κ1) is 22.5. The first-order valence-electron chi connectivity index (χ1n) is 9.25. The number of para-hydroxylation sites is 1. The van der Waals surface area contributed by atoms with Gasteiger partial charge in [-0.05, 0) is 37.9 Å². The molecule has 8 heteroatoms. The number of nitrogens with zero attached hydrogens (tertiary/aromatic N) is 2. The van der Waals surface area contributed by atoms with Gasteiger partial charge in [-0.1, -0.05) is 30.3 Å². The molecule has 0 spiro atoms. The second kappa shape index (κ2) is 10.7. The average Bonchev–Trinajstić information content (AvgIpc) is 2.68. The number of hydrogen-bond acceptors (Lipinski definition) is 3. The quantitative estimate of drug-likeness (QED) is 0.519. The van der Waals surface area contributed by atoms with Crippen LogP contribution in [0.2, 0.25) is 0 Å². The number of guanidine groups is 1. The maximum absolute atomic E-state index is 12.6. The summed E-state index contributed by atoms with van der Waals surface area (Å²) in [7, 11) is 5.62. The lowest BCUT2D eigenvalue weighted by molar-refractivity contribution is -0.137. The number of benzene rings is 2. The van der Waals surface area contributed by atoms with E-state index in [0.29, 0.717) is 25.7 Å². The highest BCUT2D eigenvalue weighted by molar-refractivity contribution is 5.79. The first-order valence-corrected chi connectivity index (χ1v) is 9.25. The Morgan fingerprint density at radius 1 is 1.00 bits per heavy atom. The molecule has 2 N–H and O–H groups in total. The van der Waals surface area contributed by atoms with Crippen LogP contribution in [0.25, 0.3) is 0 Å². The predicted octanol–water partition coefficient (Wildman–Crippen LogP) is 3.51. The first-order chi connectivity index (χ1) is 13.8. The van der Waals surface area contributed by atoms with E-state index in [1.54, 1.807) is 7.05 Å². The normalized spacial score (nSPS) is 12.2. The topological polar surface area (TPSA) is 48.9 Å². The van der Waals surface area contributed by atoms with Crippen molar-refractivity contribution in [3.8, 4) is 5.75 Å².